The van der Waals surface area contributed by atoms with Gasteiger partial charge in [0.1, 0.15) is 7.85 Å². The third-order valence-corrected chi connectivity index (χ3v) is 1.06. The molecule has 0 bridgehead atoms. The normalized spacial score (nSPS) is 8.45. The number of anilines is 1. The van der Waals surface area contributed by atoms with Gasteiger partial charge in [0.2, 0.25) is 0 Å². The summed E-state index contributed by atoms with van der Waals surface area (Å²) in [6.45, 7) is 1.71. The molecule has 2 N–H and O–H groups in total. The molecule has 0 spiro atoms. The lowest BCUT2D eigenvalue weighted by Gasteiger charge is -1.96. The van der Waals surface area contributed by atoms with Crippen molar-refractivity contribution in [2.24, 2.45) is 0 Å². The molecule has 0 amide bonds. The first kappa shape index (κ1) is 7.61. The van der Waals surface area contributed by atoms with Gasteiger partial charge in [-0.3, -0.25) is 0 Å². The third-order valence-electron chi connectivity index (χ3n) is 1.06. The van der Waals surface area contributed by atoms with E-state index in [1.807, 2.05) is 0 Å². The van der Waals surface area contributed by atoms with E-state index < -0.39 is 0 Å². The molecule has 11 heavy (non-hydrogen) atoms. The maximum absolute atomic E-state index is 5.45. The second-order valence-corrected chi connectivity index (χ2v) is 1.90. The first-order valence-corrected chi connectivity index (χ1v) is 3.05. The van der Waals surface area contributed by atoms with Crippen molar-refractivity contribution in [1.29, 1.82) is 0 Å². The zero-order chi connectivity index (χ0) is 8.27. The summed E-state index contributed by atoms with van der Waals surface area (Å²) in [6.07, 6.45) is 1.43. The Hall–Kier alpha value is -1.50. The fraction of sp³-hybridized carbons (Fsp3) is 0.143. The lowest BCUT2D eigenvalue weighted by Crippen LogP contribution is -2.13. The lowest BCUT2D eigenvalue weighted by molar-refractivity contribution is 1.22. The quantitative estimate of drug-likeness (QED) is 0.383. The molecule has 1 rings (SSSR count). The highest BCUT2D eigenvalue weighted by Gasteiger charge is 1.96. The number of nitrogen functional groups attached to an aromatic ring is 1. The second kappa shape index (κ2) is 3.06. The largest absolute Gasteiger partial charge is 0.381 e. The van der Waals surface area contributed by atoms with Gasteiger partial charge >= 0.3 is 0 Å². The molecule has 0 aliphatic carbocycles. The Kier molecular flexibility index (Phi) is 2.12. The molecule has 0 saturated heterocycles. The Bertz CT molecular complexity index is 324. The molecule has 1 aromatic rings. The van der Waals surface area contributed by atoms with Crippen molar-refractivity contribution < 1.29 is 0 Å². The average molecular weight is 143 g/mol. The van der Waals surface area contributed by atoms with Crippen LogP contribution >= 0.6 is 0 Å². The van der Waals surface area contributed by atoms with Gasteiger partial charge in [-0.1, -0.05) is 5.92 Å². The van der Waals surface area contributed by atoms with Gasteiger partial charge in [-0.15, -0.1) is 0 Å². The van der Waals surface area contributed by atoms with Crippen LogP contribution in [-0.4, -0.2) is 17.8 Å². The van der Waals surface area contributed by atoms with Crippen molar-refractivity contribution in [1.82, 2.24) is 9.97 Å². The van der Waals surface area contributed by atoms with Crippen LogP contribution in [0.15, 0.2) is 6.20 Å². The Labute approximate surface area is 66.5 Å². The molecule has 0 aromatic carbocycles. The summed E-state index contributed by atoms with van der Waals surface area (Å²) in [4.78, 5) is 7.66. The predicted octanol–water partition coefficient (Wildman–Crippen LogP) is -0.776. The first-order chi connectivity index (χ1) is 5.24. The zero-order valence-electron chi connectivity index (χ0n) is 6.13. The van der Waals surface area contributed by atoms with Crippen LogP contribution in [0.25, 0.3) is 0 Å². The topological polar surface area (TPSA) is 51.8 Å². The van der Waals surface area contributed by atoms with E-state index in [2.05, 4.69) is 21.8 Å². The van der Waals surface area contributed by atoms with Crippen LogP contribution in [0.3, 0.4) is 0 Å². The Morgan fingerprint density at radius 2 is 2.36 bits per heavy atom. The minimum Gasteiger partial charge on any atom is -0.381 e. The van der Waals surface area contributed by atoms with Gasteiger partial charge in [0.25, 0.3) is 0 Å². The molecule has 0 atom stereocenters. The summed E-state index contributed by atoms with van der Waals surface area (Å²) in [7, 11) is 5.32. The average Bonchev–Trinajstić information content (AvgIpc) is 1.95. The monoisotopic (exact) mass is 143 g/mol. The van der Waals surface area contributed by atoms with Crippen LogP contribution < -0.4 is 11.3 Å². The second-order valence-electron chi connectivity index (χ2n) is 1.90. The molecule has 2 radical (unpaired) electrons. The first-order valence-electron chi connectivity index (χ1n) is 3.05. The summed E-state index contributed by atoms with van der Waals surface area (Å²) in [5, 5.41) is 0. The molecule has 0 aliphatic rings. The molecule has 1 heterocycles. The van der Waals surface area contributed by atoms with Gasteiger partial charge in [0.15, 0.2) is 11.5 Å². The SMILES string of the molecule is [B]c1cnc(C#CC)c(N)n1. The molecular weight excluding hydrogens is 137 g/mol. The van der Waals surface area contributed by atoms with Gasteiger partial charge in [-0.2, -0.15) is 0 Å². The highest BCUT2D eigenvalue weighted by atomic mass is 14.9. The number of rotatable bonds is 0. The summed E-state index contributed by atoms with van der Waals surface area (Å²) in [5.41, 5.74) is 6.23. The van der Waals surface area contributed by atoms with E-state index in [4.69, 9.17) is 13.6 Å². The number of hydrogen-bond donors (Lipinski definition) is 1. The number of aromatic nitrogens is 2. The number of hydrogen-bond acceptors (Lipinski definition) is 3. The molecule has 3 nitrogen and oxygen atoms in total. The molecule has 0 fully saturated rings. The van der Waals surface area contributed by atoms with Crippen LogP contribution in [-0.2, 0) is 0 Å². The highest BCUT2D eigenvalue weighted by molar-refractivity contribution is 6.30. The smallest absolute Gasteiger partial charge is 0.157 e. The van der Waals surface area contributed by atoms with Crippen molar-refractivity contribution in [3.63, 3.8) is 0 Å². The van der Waals surface area contributed by atoms with Gasteiger partial charge < -0.3 is 5.73 Å². The standard InChI is InChI=1S/C7H6BN3/c1-2-3-5-7(9)11-6(8)4-10-5/h4H,1H3,(H2,9,11). The summed E-state index contributed by atoms with van der Waals surface area (Å²) < 4.78 is 0. The summed E-state index contributed by atoms with van der Waals surface area (Å²) >= 11 is 0. The molecular formula is C7H6BN3. The Balaban J connectivity index is 3.16. The van der Waals surface area contributed by atoms with Crippen molar-refractivity contribution in [3.05, 3.63) is 11.9 Å². The Morgan fingerprint density at radius 1 is 1.64 bits per heavy atom. The van der Waals surface area contributed by atoms with Gasteiger partial charge in [-0.25, -0.2) is 9.97 Å². The predicted molar refractivity (Wildman–Crippen MR) is 44.4 cm³/mol. The van der Waals surface area contributed by atoms with Crippen LogP contribution in [0.2, 0.25) is 0 Å². The van der Waals surface area contributed by atoms with Crippen molar-refractivity contribution in [2.45, 2.75) is 6.92 Å². The van der Waals surface area contributed by atoms with E-state index in [1.165, 1.54) is 6.20 Å². The zero-order valence-corrected chi connectivity index (χ0v) is 6.13. The molecule has 52 valence electrons. The van der Waals surface area contributed by atoms with E-state index >= 15 is 0 Å². The fourth-order valence-corrected chi connectivity index (χ4v) is 0.632. The van der Waals surface area contributed by atoms with Crippen molar-refractivity contribution in [2.75, 3.05) is 5.73 Å². The molecule has 1 aromatic heterocycles. The van der Waals surface area contributed by atoms with Crippen molar-refractivity contribution >= 4 is 19.3 Å². The Morgan fingerprint density at radius 3 is 2.91 bits per heavy atom. The van der Waals surface area contributed by atoms with Gasteiger partial charge in [0, 0.05) is 11.8 Å². The molecule has 0 unspecified atom stereocenters. The summed E-state index contributed by atoms with van der Waals surface area (Å²) in [5.74, 6) is 5.65. The molecule has 0 saturated carbocycles. The van der Waals surface area contributed by atoms with Crippen LogP contribution in [0.4, 0.5) is 5.82 Å². The summed E-state index contributed by atoms with van der Waals surface area (Å²) in [6, 6.07) is 0. The highest BCUT2D eigenvalue weighted by Crippen LogP contribution is 1.97. The van der Waals surface area contributed by atoms with E-state index in [0.717, 1.165) is 0 Å². The van der Waals surface area contributed by atoms with E-state index in [9.17, 15) is 0 Å². The van der Waals surface area contributed by atoms with Crippen LogP contribution in [0.1, 0.15) is 12.6 Å². The number of nitrogens with zero attached hydrogens (tertiary/aromatic N) is 2. The lowest BCUT2D eigenvalue weighted by atomic mass is 10.1. The minimum atomic E-state index is 0.277. The van der Waals surface area contributed by atoms with Crippen LogP contribution in [0.5, 0.6) is 0 Å². The van der Waals surface area contributed by atoms with Crippen LogP contribution in [0, 0.1) is 11.8 Å². The van der Waals surface area contributed by atoms with E-state index in [-0.39, 0.29) is 5.82 Å². The number of nitrogens with two attached hydrogens (primary N) is 1. The third kappa shape index (κ3) is 1.71. The van der Waals surface area contributed by atoms with Crippen molar-refractivity contribution in [3.8, 4) is 11.8 Å². The maximum atomic E-state index is 5.45. The van der Waals surface area contributed by atoms with Gasteiger partial charge in [-0.05, 0) is 12.8 Å². The molecule has 0 aliphatic heterocycles. The minimum absolute atomic E-state index is 0.277. The molecule has 4 heteroatoms. The van der Waals surface area contributed by atoms with Gasteiger partial charge in [0.05, 0.1) is 0 Å². The maximum Gasteiger partial charge on any atom is 0.157 e. The fourth-order valence-electron chi connectivity index (χ4n) is 0.632. The van der Waals surface area contributed by atoms with E-state index in [0.29, 0.717) is 11.3 Å². The van der Waals surface area contributed by atoms with E-state index in [1.54, 1.807) is 6.92 Å².